The fourth-order valence-electron chi connectivity index (χ4n) is 3.20. The van der Waals surface area contributed by atoms with Crippen LogP contribution < -0.4 is 10.2 Å². The first-order valence-electron chi connectivity index (χ1n) is 8.53. The summed E-state index contributed by atoms with van der Waals surface area (Å²) in [4.78, 5) is 20.9. The number of nitrogens with zero attached hydrogens (tertiary/aromatic N) is 3. The lowest BCUT2D eigenvalue weighted by Crippen LogP contribution is -2.44. The molecule has 2 amide bonds. The van der Waals surface area contributed by atoms with E-state index in [2.05, 4.69) is 28.2 Å². The van der Waals surface area contributed by atoms with Crippen LogP contribution in [0.4, 0.5) is 10.6 Å². The fourth-order valence-corrected chi connectivity index (χ4v) is 3.20. The Labute approximate surface area is 137 Å². The highest BCUT2D eigenvalue weighted by Crippen LogP contribution is 2.16. The molecule has 0 bridgehead atoms. The second-order valence-corrected chi connectivity index (χ2v) is 6.47. The van der Waals surface area contributed by atoms with Gasteiger partial charge in [0, 0.05) is 38.9 Å². The molecule has 2 fully saturated rings. The number of carbonyl (C=O) groups is 1. The van der Waals surface area contributed by atoms with E-state index in [-0.39, 0.29) is 6.03 Å². The Hall–Kier alpha value is -1.82. The van der Waals surface area contributed by atoms with Crippen molar-refractivity contribution in [3.8, 4) is 0 Å². The fraction of sp³-hybridized carbons (Fsp3) is 0.647. The molecule has 1 N–H and O–H groups in total. The number of morpholine rings is 1. The minimum atomic E-state index is 0.0429. The second-order valence-electron chi connectivity index (χ2n) is 6.47. The molecule has 126 valence electrons. The van der Waals surface area contributed by atoms with Crippen LogP contribution in [0.2, 0.25) is 0 Å². The van der Waals surface area contributed by atoms with Gasteiger partial charge in [0.2, 0.25) is 0 Å². The summed E-state index contributed by atoms with van der Waals surface area (Å²) in [5, 5.41) is 3.04. The first-order valence-corrected chi connectivity index (χ1v) is 8.53. The Kier molecular flexibility index (Phi) is 5.33. The molecule has 0 spiro atoms. The number of likely N-dealkylation sites (tertiary alicyclic amines) is 1. The van der Waals surface area contributed by atoms with E-state index >= 15 is 0 Å². The highest BCUT2D eigenvalue weighted by molar-refractivity contribution is 5.74. The maximum atomic E-state index is 12.3. The average molecular weight is 318 g/mol. The number of rotatable bonds is 3. The number of carbonyl (C=O) groups excluding carboxylic acids is 1. The van der Waals surface area contributed by atoms with Crippen LogP contribution in [0.15, 0.2) is 18.3 Å². The van der Waals surface area contributed by atoms with E-state index in [9.17, 15) is 4.79 Å². The Morgan fingerprint density at radius 2 is 2.22 bits per heavy atom. The number of hydrogen-bond donors (Lipinski definition) is 1. The van der Waals surface area contributed by atoms with Crippen LogP contribution in [0.5, 0.6) is 0 Å². The molecule has 3 heterocycles. The van der Waals surface area contributed by atoms with Gasteiger partial charge in [-0.25, -0.2) is 9.78 Å². The maximum Gasteiger partial charge on any atom is 0.317 e. The summed E-state index contributed by atoms with van der Waals surface area (Å²) in [6, 6.07) is 4.06. The van der Waals surface area contributed by atoms with Crippen molar-refractivity contribution < 1.29 is 9.53 Å². The predicted octanol–water partition coefficient (Wildman–Crippen LogP) is 1.86. The van der Waals surface area contributed by atoms with Gasteiger partial charge in [-0.2, -0.15) is 0 Å². The lowest BCUT2D eigenvalue weighted by Gasteiger charge is -2.31. The van der Waals surface area contributed by atoms with Crippen molar-refractivity contribution in [2.45, 2.75) is 26.3 Å². The monoisotopic (exact) mass is 318 g/mol. The van der Waals surface area contributed by atoms with Gasteiger partial charge in [-0.1, -0.05) is 6.92 Å². The van der Waals surface area contributed by atoms with Crippen molar-refractivity contribution in [1.82, 2.24) is 15.2 Å². The third kappa shape index (κ3) is 4.34. The molecule has 2 saturated heterocycles. The quantitative estimate of drug-likeness (QED) is 0.924. The molecule has 0 radical (unpaired) electrons. The first kappa shape index (κ1) is 16.1. The zero-order chi connectivity index (χ0) is 16.1. The number of hydrogen-bond acceptors (Lipinski definition) is 4. The highest BCUT2D eigenvalue weighted by Gasteiger charge is 2.20. The van der Waals surface area contributed by atoms with Crippen LogP contribution in [0.1, 0.15) is 25.3 Å². The van der Waals surface area contributed by atoms with Gasteiger partial charge in [0.05, 0.1) is 13.2 Å². The molecule has 0 aliphatic carbocycles. The van der Waals surface area contributed by atoms with E-state index < -0.39 is 0 Å². The second kappa shape index (κ2) is 7.64. The molecule has 0 unspecified atom stereocenters. The third-order valence-electron chi connectivity index (χ3n) is 4.53. The van der Waals surface area contributed by atoms with Crippen molar-refractivity contribution in [3.05, 3.63) is 23.9 Å². The summed E-state index contributed by atoms with van der Waals surface area (Å²) in [5.41, 5.74) is 1.08. The van der Waals surface area contributed by atoms with Crippen molar-refractivity contribution in [1.29, 1.82) is 0 Å². The van der Waals surface area contributed by atoms with Crippen LogP contribution in [-0.4, -0.2) is 55.3 Å². The standard InChI is InChI=1S/C17H26N4O2/c1-14-3-2-6-21(13-14)17(22)19-12-15-4-5-18-16(11-15)20-7-9-23-10-8-20/h4-5,11,14H,2-3,6-10,12-13H2,1H3,(H,19,22)/t14-/m1/s1. The Balaban J connectivity index is 1.54. The van der Waals surface area contributed by atoms with Gasteiger partial charge in [-0.05, 0) is 36.5 Å². The number of nitrogens with one attached hydrogen (secondary N) is 1. The molecule has 0 aromatic carbocycles. The van der Waals surface area contributed by atoms with E-state index in [1.165, 1.54) is 6.42 Å². The number of anilines is 1. The van der Waals surface area contributed by atoms with Crippen LogP contribution in [0.25, 0.3) is 0 Å². The van der Waals surface area contributed by atoms with Crippen molar-refractivity contribution >= 4 is 11.8 Å². The van der Waals surface area contributed by atoms with Gasteiger partial charge in [-0.3, -0.25) is 0 Å². The van der Waals surface area contributed by atoms with E-state index in [0.29, 0.717) is 12.5 Å². The molecular formula is C17H26N4O2. The maximum absolute atomic E-state index is 12.3. The normalized spacial score (nSPS) is 22.0. The van der Waals surface area contributed by atoms with Gasteiger partial charge in [-0.15, -0.1) is 0 Å². The molecule has 23 heavy (non-hydrogen) atoms. The minimum Gasteiger partial charge on any atom is -0.378 e. The van der Waals surface area contributed by atoms with E-state index in [1.807, 2.05) is 17.2 Å². The third-order valence-corrected chi connectivity index (χ3v) is 4.53. The number of ether oxygens (including phenoxy) is 1. The van der Waals surface area contributed by atoms with Crippen molar-refractivity contribution in [2.75, 3.05) is 44.3 Å². The largest absolute Gasteiger partial charge is 0.378 e. The number of piperidine rings is 1. The van der Waals surface area contributed by atoms with Gasteiger partial charge >= 0.3 is 6.03 Å². The van der Waals surface area contributed by atoms with Gasteiger partial charge in [0.1, 0.15) is 5.82 Å². The molecule has 6 nitrogen and oxygen atoms in total. The van der Waals surface area contributed by atoms with Crippen molar-refractivity contribution in [3.63, 3.8) is 0 Å². The molecule has 3 rings (SSSR count). The zero-order valence-corrected chi connectivity index (χ0v) is 13.8. The van der Waals surface area contributed by atoms with Crippen LogP contribution >= 0.6 is 0 Å². The minimum absolute atomic E-state index is 0.0429. The molecule has 1 aromatic rings. The number of amides is 2. The summed E-state index contributed by atoms with van der Waals surface area (Å²) in [5.74, 6) is 1.56. The molecule has 1 atom stereocenters. The lowest BCUT2D eigenvalue weighted by atomic mass is 10.0. The van der Waals surface area contributed by atoms with Gasteiger partial charge in [0.25, 0.3) is 0 Å². The Morgan fingerprint density at radius 3 is 3.00 bits per heavy atom. The molecule has 2 aliphatic heterocycles. The molecule has 1 aromatic heterocycles. The summed E-state index contributed by atoms with van der Waals surface area (Å²) in [6.07, 6.45) is 4.14. The van der Waals surface area contributed by atoms with Crippen LogP contribution in [-0.2, 0) is 11.3 Å². The summed E-state index contributed by atoms with van der Waals surface area (Å²) in [7, 11) is 0. The van der Waals surface area contributed by atoms with Gasteiger partial charge in [0.15, 0.2) is 0 Å². The average Bonchev–Trinajstić information content (AvgIpc) is 2.61. The molecule has 0 saturated carbocycles. The van der Waals surface area contributed by atoms with E-state index in [0.717, 1.165) is 57.2 Å². The Bertz CT molecular complexity index is 531. The first-order chi connectivity index (χ1) is 11.2. The topological polar surface area (TPSA) is 57.7 Å². The Morgan fingerprint density at radius 1 is 1.39 bits per heavy atom. The SMILES string of the molecule is C[C@@H]1CCCN(C(=O)NCc2ccnc(N3CCOCC3)c2)C1. The number of urea groups is 1. The summed E-state index contributed by atoms with van der Waals surface area (Å²) >= 11 is 0. The molecule has 6 heteroatoms. The van der Waals surface area contributed by atoms with E-state index in [1.54, 1.807) is 0 Å². The molecule has 2 aliphatic rings. The van der Waals surface area contributed by atoms with Crippen LogP contribution in [0, 0.1) is 5.92 Å². The van der Waals surface area contributed by atoms with Gasteiger partial charge < -0.3 is 19.9 Å². The summed E-state index contributed by atoms with van der Waals surface area (Å²) in [6.45, 7) is 7.71. The highest BCUT2D eigenvalue weighted by atomic mass is 16.5. The number of aromatic nitrogens is 1. The molecular weight excluding hydrogens is 292 g/mol. The summed E-state index contributed by atoms with van der Waals surface area (Å²) < 4.78 is 5.37. The smallest absolute Gasteiger partial charge is 0.317 e. The number of pyridine rings is 1. The van der Waals surface area contributed by atoms with Crippen molar-refractivity contribution in [2.24, 2.45) is 5.92 Å². The zero-order valence-electron chi connectivity index (χ0n) is 13.8. The van der Waals surface area contributed by atoms with E-state index in [4.69, 9.17) is 4.74 Å². The predicted molar refractivity (Wildman–Crippen MR) is 89.5 cm³/mol. The van der Waals surface area contributed by atoms with Crippen LogP contribution in [0.3, 0.4) is 0 Å². The lowest BCUT2D eigenvalue weighted by molar-refractivity contribution is 0.122.